The number of amides is 1. The maximum Gasteiger partial charge on any atom is 0.387 e. The molecule has 1 atom stereocenters. The Labute approximate surface area is 190 Å². The van der Waals surface area contributed by atoms with Crippen LogP contribution in [-0.4, -0.2) is 46.3 Å². The monoisotopic (exact) mass is 459 g/mol. The van der Waals surface area contributed by atoms with E-state index in [9.17, 15) is 18.7 Å². The van der Waals surface area contributed by atoms with Crippen molar-refractivity contribution in [3.63, 3.8) is 0 Å². The highest BCUT2D eigenvalue weighted by Crippen LogP contribution is 2.37. The minimum absolute atomic E-state index is 0.0418. The van der Waals surface area contributed by atoms with Crippen molar-refractivity contribution in [2.45, 2.75) is 57.8 Å². The SMILES string of the molecule is COc1cc(-c2cnc3cc(C(C)(C)C(C)O)ccn23)cc(OC(F)F)c1C(=O)NC1CC1. The second-order valence-electron chi connectivity index (χ2n) is 8.86. The fourth-order valence-corrected chi connectivity index (χ4v) is 3.63. The van der Waals surface area contributed by atoms with E-state index in [0.29, 0.717) is 16.9 Å². The predicted octanol–water partition coefficient (Wildman–Crippen LogP) is 4.16. The van der Waals surface area contributed by atoms with Gasteiger partial charge in [0.1, 0.15) is 22.7 Å². The highest BCUT2D eigenvalue weighted by Gasteiger charge is 2.30. The van der Waals surface area contributed by atoms with E-state index in [1.54, 1.807) is 23.6 Å². The Balaban J connectivity index is 1.80. The van der Waals surface area contributed by atoms with Crippen LogP contribution >= 0.6 is 0 Å². The number of pyridine rings is 1. The Morgan fingerprint density at radius 1 is 1.27 bits per heavy atom. The first kappa shape index (κ1) is 23.0. The summed E-state index contributed by atoms with van der Waals surface area (Å²) in [6.07, 6.45) is 4.56. The van der Waals surface area contributed by atoms with Crippen LogP contribution in [0, 0.1) is 0 Å². The summed E-state index contributed by atoms with van der Waals surface area (Å²) in [7, 11) is 1.37. The third-order valence-electron chi connectivity index (χ3n) is 6.24. The molecular weight excluding hydrogens is 432 g/mol. The number of aliphatic hydroxyl groups is 1. The minimum Gasteiger partial charge on any atom is -0.496 e. The molecule has 2 N–H and O–H groups in total. The highest BCUT2D eigenvalue weighted by atomic mass is 19.3. The van der Waals surface area contributed by atoms with E-state index >= 15 is 0 Å². The number of alkyl halides is 2. The topological polar surface area (TPSA) is 85.1 Å². The Morgan fingerprint density at radius 3 is 2.58 bits per heavy atom. The largest absolute Gasteiger partial charge is 0.496 e. The molecule has 33 heavy (non-hydrogen) atoms. The standard InChI is InChI=1S/C24H27F2N3O4/c1-13(30)24(2,3)15-7-8-29-17(12-27-20(29)11-15)14-9-18(32-4)21(19(10-14)33-23(25)26)22(31)28-16-5-6-16/h7-13,16,23,30H,5-6H2,1-4H3,(H,28,31). The van der Waals surface area contributed by atoms with E-state index in [1.807, 2.05) is 32.2 Å². The van der Waals surface area contributed by atoms with Crippen molar-refractivity contribution in [3.8, 4) is 22.8 Å². The number of nitrogens with zero attached hydrogens (tertiary/aromatic N) is 2. The Morgan fingerprint density at radius 2 is 1.97 bits per heavy atom. The molecule has 2 heterocycles. The molecule has 3 aromatic rings. The number of fused-ring (bicyclic) bond motifs is 1. The van der Waals surface area contributed by atoms with Crippen molar-refractivity contribution in [2.75, 3.05) is 7.11 Å². The molecule has 1 saturated carbocycles. The number of benzene rings is 1. The first-order valence-corrected chi connectivity index (χ1v) is 10.8. The van der Waals surface area contributed by atoms with Gasteiger partial charge in [0.25, 0.3) is 5.91 Å². The van der Waals surface area contributed by atoms with E-state index in [1.165, 1.54) is 13.2 Å². The van der Waals surface area contributed by atoms with Gasteiger partial charge in [0, 0.05) is 23.2 Å². The van der Waals surface area contributed by atoms with Crippen LogP contribution in [0.25, 0.3) is 16.9 Å². The van der Waals surface area contributed by atoms with Gasteiger partial charge in [-0.3, -0.25) is 9.20 Å². The average Bonchev–Trinajstić information content (AvgIpc) is 3.47. The molecule has 7 nitrogen and oxygen atoms in total. The van der Waals surface area contributed by atoms with Crippen molar-refractivity contribution in [3.05, 3.63) is 47.8 Å². The molecule has 9 heteroatoms. The fraction of sp³-hybridized carbons (Fsp3) is 0.417. The summed E-state index contributed by atoms with van der Waals surface area (Å²) >= 11 is 0. The maximum absolute atomic E-state index is 13.2. The van der Waals surface area contributed by atoms with Gasteiger partial charge in [0.15, 0.2) is 0 Å². The lowest BCUT2D eigenvalue weighted by Crippen LogP contribution is -2.31. The Hall–Kier alpha value is -3.20. The van der Waals surface area contributed by atoms with Crippen molar-refractivity contribution < 1.29 is 28.2 Å². The molecule has 0 radical (unpaired) electrons. The maximum atomic E-state index is 13.2. The molecule has 1 aromatic carbocycles. The Bertz CT molecular complexity index is 1190. The van der Waals surface area contributed by atoms with Gasteiger partial charge in [-0.25, -0.2) is 4.98 Å². The summed E-state index contributed by atoms with van der Waals surface area (Å²) in [5.74, 6) is -0.651. The summed E-state index contributed by atoms with van der Waals surface area (Å²) in [4.78, 5) is 17.2. The molecule has 0 aliphatic heterocycles. The van der Waals surface area contributed by atoms with Crippen LogP contribution in [0.3, 0.4) is 0 Å². The number of aliphatic hydroxyl groups excluding tert-OH is 1. The van der Waals surface area contributed by atoms with E-state index in [2.05, 4.69) is 10.3 Å². The van der Waals surface area contributed by atoms with Crippen LogP contribution in [0.2, 0.25) is 0 Å². The van der Waals surface area contributed by atoms with E-state index < -0.39 is 24.0 Å². The molecule has 176 valence electrons. The summed E-state index contributed by atoms with van der Waals surface area (Å²) in [5, 5.41) is 12.9. The van der Waals surface area contributed by atoms with E-state index in [0.717, 1.165) is 18.4 Å². The zero-order valence-corrected chi connectivity index (χ0v) is 18.9. The van der Waals surface area contributed by atoms with Gasteiger partial charge in [-0.1, -0.05) is 13.8 Å². The zero-order valence-electron chi connectivity index (χ0n) is 18.9. The normalized spacial score (nSPS) is 15.0. The Kier molecular flexibility index (Phi) is 6.00. The second-order valence-corrected chi connectivity index (χ2v) is 8.86. The molecule has 1 fully saturated rings. The smallest absolute Gasteiger partial charge is 0.387 e. The van der Waals surface area contributed by atoms with Gasteiger partial charge in [-0.15, -0.1) is 0 Å². The summed E-state index contributed by atoms with van der Waals surface area (Å²) in [5.41, 5.74) is 2.10. The molecule has 1 aliphatic rings. The van der Waals surface area contributed by atoms with Crippen LogP contribution in [0.4, 0.5) is 8.78 Å². The van der Waals surface area contributed by atoms with Crippen LogP contribution < -0.4 is 14.8 Å². The third kappa shape index (κ3) is 4.50. The van der Waals surface area contributed by atoms with Crippen molar-refractivity contribution in [1.82, 2.24) is 14.7 Å². The first-order valence-electron chi connectivity index (χ1n) is 10.8. The number of carbonyl (C=O) groups excluding carboxylic acids is 1. The van der Waals surface area contributed by atoms with Crippen LogP contribution in [0.15, 0.2) is 36.7 Å². The summed E-state index contributed by atoms with van der Waals surface area (Å²) in [6.45, 7) is 2.51. The number of rotatable bonds is 8. The summed E-state index contributed by atoms with van der Waals surface area (Å²) in [6, 6.07) is 6.81. The minimum atomic E-state index is -3.11. The number of imidazole rings is 1. The van der Waals surface area contributed by atoms with Gasteiger partial charge in [-0.2, -0.15) is 8.78 Å². The molecule has 0 bridgehead atoms. The molecular formula is C24H27F2N3O4. The second kappa shape index (κ2) is 8.62. The number of aromatic nitrogens is 2. The van der Waals surface area contributed by atoms with Crippen molar-refractivity contribution >= 4 is 11.6 Å². The molecule has 1 aliphatic carbocycles. The van der Waals surface area contributed by atoms with E-state index in [4.69, 9.17) is 9.47 Å². The third-order valence-corrected chi connectivity index (χ3v) is 6.24. The zero-order chi connectivity index (χ0) is 23.9. The molecule has 4 rings (SSSR count). The number of halogens is 2. The number of ether oxygens (including phenoxy) is 2. The van der Waals surface area contributed by atoms with Gasteiger partial charge < -0.3 is 19.9 Å². The molecule has 2 aromatic heterocycles. The number of carbonyl (C=O) groups is 1. The van der Waals surface area contributed by atoms with Gasteiger partial charge >= 0.3 is 6.61 Å². The first-order chi connectivity index (χ1) is 15.6. The summed E-state index contributed by atoms with van der Waals surface area (Å²) < 4.78 is 38.3. The lowest BCUT2D eigenvalue weighted by molar-refractivity contribution is -0.0502. The molecule has 0 spiro atoms. The van der Waals surface area contributed by atoms with Crippen LogP contribution in [0.5, 0.6) is 11.5 Å². The average molecular weight is 459 g/mol. The van der Waals surface area contributed by atoms with Gasteiger partial charge in [0.2, 0.25) is 0 Å². The fourth-order valence-electron chi connectivity index (χ4n) is 3.63. The number of hydrogen-bond donors (Lipinski definition) is 2. The van der Waals surface area contributed by atoms with Crippen molar-refractivity contribution in [1.29, 1.82) is 0 Å². The highest BCUT2D eigenvalue weighted by molar-refractivity contribution is 6.01. The van der Waals surface area contributed by atoms with E-state index in [-0.39, 0.29) is 23.1 Å². The van der Waals surface area contributed by atoms with Crippen LogP contribution in [0.1, 0.15) is 49.5 Å². The molecule has 1 unspecified atom stereocenters. The van der Waals surface area contributed by atoms with Gasteiger partial charge in [0.05, 0.1) is 25.1 Å². The number of hydrogen-bond acceptors (Lipinski definition) is 5. The quantitative estimate of drug-likeness (QED) is 0.528. The number of methoxy groups -OCH3 is 1. The predicted molar refractivity (Wildman–Crippen MR) is 119 cm³/mol. The van der Waals surface area contributed by atoms with Crippen LogP contribution in [-0.2, 0) is 5.41 Å². The molecule has 0 saturated heterocycles. The lowest BCUT2D eigenvalue weighted by Gasteiger charge is -2.28. The lowest BCUT2D eigenvalue weighted by atomic mass is 9.80. The number of nitrogens with one attached hydrogen (secondary N) is 1. The van der Waals surface area contributed by atoms with Crippen molar-refractivity contribution in [2.24, 2.45) is 0 Å². The van der Waals surface area contributed by atoms with Gasteiger partial charge in [-0.05, 0) is 49.6 Å². The molecule has 1 amide bonds.